The highest BCUT2D eigenvalue weighted by Crippen LogP contribution is 2.31. The fourth-order valence-corrected chi connectivity index (χ4v) is 4.02. The van der Waals surface area contributed by atoms with Gasteiger partial charge >= 0.3 is 0 Å². The van der Waals surface area contributed by atoms with Gasteiger partial charge in [-0.15, -0.1) is 0 Å². The molecule has 0 saturated heterocycles. The molecular formula is C28H27N3O4. The Labute approximate surface area is 204 Å². The standard InChI is InChI=1S/C28H27N3O4/c1-30-27(32)20-9-13-24(14-10-20)35-26-16-21(28(33)31-22-5-3-2-4-6-22)15-25(17-26)34-23-11-7-19(18-29)8-12-23/h7-17,22H,2-6H2,1H3,(H,30,32)(H,31,33). The first kappa shape index (κ1) is 23.8. The molecule has 3 aromatic rings. The number of nitrogens with one attached hydrogen (secondary N) is 2. The molecule has 0 radical (unpaired) electrons. The molecule has 4 rings (SSSR count). The van der Waals surface area contributed by atoms with Gasteiger partial charge in [0.05, 0.1) is 11.6 Å². The smallest absolute Gasteiger partial charge is 0.251 e. The maximum atomic E-state index is 13.1. The van der Waals surface area contributed by atoms with E-state index in [0.717, 1.165) is 25.7 Å². The Morgan fingerprint density at radius 1 is 0.771 bits per heavy atom. The number of rotatable bonds is 7. The van der Waals surface area contributed by atoms with Crippen LogP contribution in [0.25, 0.3) is 0 Å². The Morgan fingerprint density at radius 2 is 1.34 bits per heavy atom. The first-order chi connectivity index (χ1) is 17.0. The summed E-state index contributed by atoms with van der Waals surface area (Å²) in [5.41, 5.74) is 1.48. The number of carbonyl (C=O) groups is 2. The van der Waals surface area contributed by atoms with Crippen molar-refractivity contribution in [2.75, 3.05) is 7.05 Å². The molecule has 3 aromatic carbocycles. The zero-order chi connectivity index (χ0) is 24.6. The van der Waals surface area contributed by atoms with Crippen LogP contribution < -0.4 is 20.1 Å². The molecule has 0 bridgehead atoms. The lowest BCUT2D eigenvalue weighted by atomic mass is 9.95. The van der Waals surface area contributed by atoms with Crippen molar-refractivity contribution in [3.8, 4) is 29.1 Å². The minimum atomic E-state index is -0.184. The van der Waals surface area contributed by atoms with Crippen molar-refractivity contribution in [2.45, 2.75) is 38.1 Å². The SMILES string of the molecule is CNC(=O)c1ccc(Oc2cc(Oc3ccc(C#N)cc3)cc(C(=O)NC3CCCCC3)c2)cc1. The lowest BCUT2D eigenvalue weighted by Gasteiger charge is -2.23. The largest absolute Gasteiger partial charge is 0.457 e. The molecule has 0 atom stereocenters. The molecule has 1 aliphatic carbocycles. The average molecular weight is 470 g/mol. The number of carbonyl (C=O) groups excluding carboxylic acids is 2. The van der Waals surface area contributed by atoms with Crippen molar-refractivity contribution in [3.05, 3.63) is 83.4 Å². The van der Waals surface area contributed by atoms with Gasteiger partial charge in [0.25, 0.3) is 11.8 Å². The zero-order valence-corrected chi connectivity index (χ0v) is 19.5. The van der Waals surface area contributed by atoms with Crippen molar-refractivity contribution >= 4 is 11.8 Å². The lowest BCUT2D eigenvalue weighted by Crippen LogP contribution is -2.36. The summed E-state index contributed by atoms with van der Waals surface area (Å²) in [6.45, 7) is 0. The molecule has 178 valence electrons. The van der Waals surface area contributed by atoms with Crippen molar-refractivity contribution in [2.24, 2.45) is 0 Å². The van der Waals surface area contributed by atoms with E-state index in [1.807, 2.05) is 0 Å². The Balaban J connectivity index is 1.58. The molecule has 0 aliphatic heterocycles. The van der Waals surface area contributed by atoms with Crippen LogP contribution >= 0.6 is 0 Å². The normalized spacial score (nSPS) is 13.4. The monoisotopic (exact) mass is 469 g/mol. The number of benzene rings is 3. The van der Waals surface area contributed by atoms with Crippen LogP contribution in [0.4, 0.5) is 0 Å². The maximum Gasteiger partial charge on any atom is 0.251 e. The van der Waals surface area contributed by atoms with Gasteiger partial charge < -0.3 is 20.1 Å². The Hall–Kier alpha value is -4.31. The molecule has 1 saturated carbocycles. The van der Waals surface area contributed by atoms with Crippen LogP contribution in [0.2, 0.25) is 0 Å². The summed E-state index contributed by atoms with van der Waals surface area (Å²) in [6, 6.07) is 20.8. The maximum absolute atomic E-state index is 13.1. The number of amides is 2. The minimum Gasteiger partial charge on any atom is -0.457 e. The molecule has 2 N–H and O–H groups in total. The van der Waals surface area contributed by atoms with Crippen LogP contribution in [0.1, 0.15) is 58.4 Å². The fraction of sp³-hybridized carbons (Fsp3) is 0.250. The number of hydrogen-bond acceptors (Lipinski definition) is 5. The number of ether oxygens (including phenoxy) is 2. The third-order valence-corrected chi connectivity index (χ3v) is 5.88. The summed E-state index contributed by atoms with van der Waals surface area (Å²) in [4.78, 5) is 24.8. The van der Waals surface area contributed by atoms with Gasteiger partial charge in [-0.25, -0.2) is 0 Å². The Morgan fingerprint density at radius 3 is 1.89 bits per heavy atom. The van der Waals surface area contributed by atoms with Gasteiger partial charge in [-0.2, -0.15) is 5.26 Å². The fourth-order valence-electron chi connectivity index (χ4n) is 4.02. The third kappa shape index (κ3) is 6.39. The van der Waals surface area contributed by atoms with Gasteiger partial charge in [0.2, 0.25) is 0 Å². The van der Waals surface area contributed by atoms with Crippen molar-refractivity contribution in [3.63, 3.8) is 0 Å². The molecular weight excluding hydrogens is 442 g/mol. The summed E-state index contributed by atoms with van der Waals surface area (Å²) in [5, 5.41) is 14.7. The summed E-state index contributed by atoms with van der Waals surface area (Å²) in [6.07, 6.45) is 5.40. The van der Waals surface area contributed by atoms with Crippen LogP contribution in [-0.2, 0) is 0 Å². The molecule has 35 heavy (non-hydrogen) atoms. The van der Waals surface area contributed by atoms with E-state index < -0.39 is 0 Å². The molecule has 2 amide bonds. The molecule has 0 heterocycles. The second kappa shape index (κ2) is 11.2. The topological polar surface area (TPSA) is 100 Å². The second-order valence-electron chi connectivity index (χ2n) is 8.45. The number of hydrogen-bond donors (Lipinski definition) is 2. The van der Waals surface area contributed by atoms with Gasteiger partial charge in [-0.1, -0.05) is 19.3 Å². The lowest BCUT2D eigenvalue weighted by molar-refractivity contribution is 0.0925. The van der Waals surface area contributed by atoms with Gasteiger partial charge in [-0.05, 0) is 73.5 Å². The molecule has 0 spiro atoms. The van der Waals surface area contributed by atoms with Crippen molar-refractivity contribution < 1.29 is 19.1 Å². The highest BCUT2D eigenvalue weighted by Gasteiger charge is 2.18. The number of nitrogens with zero attached hydrogens (tertiary/aromatic N) is 1. The predicted octanol–water partition coefficient (Wildman–Crippen LogP) is 5.56. The Kier molecular flexibility index (Phi) is 7.63. The van der Waals surface area contributed by atoms with E-state index in [9.17, 15) is 9.59 Å². The highest BCUT2D eigenvalue weighted by atomic mass is 16.5. The van der Waals surface area contributed by atoms with Crippen LogP contribution in [0, 0.1) is 11.3 Å². The van der Waals surface area contributed by atoms with Crippen molar-refractivity contribution in [1.29, 1.82) is 5.26 Å². The first-order valence-electron chi connectivity index (χ1n) is 11.7. The van der Waals surface area contributed by atoms with E-state index in [2.05, 4.69) is 16.7 Å². The van der Waals surface area contributed by atoms with E-state index in [4.69, 9.17) is 14.7 Å². The minimum absolute atomic E-state index is 0.168. The van der Waals surface area contributed by atoms with Gasteiger partial charge in [0.1, 0.15) is 23.0 Å². The van der Waals surface area contributed by atoms with Crippen LogP contribution in [0.15, 0.2) is 66.7 Å². The van der Waals surface area contributed by atoms with Crippen LogP contribution in [0.3, 0.4) is 0 Å². The van der Waals surface area contributed by atoms with E-state index in [1.54, 1.807) is 73.8 Å². The van der Waals surface area contributed by atoms with Gasteiger partial charge in [0.15, 0.2) is 0 Å². The van der Waals surface area contributed by atoms with Crippen LogP contribution in [0.5, 0.6) is 23.0 Å². The molecule has 7 heteroatoms. The van der Waals surface area contributed by atoms with E-state index in [-0.39, 0.29) is 17.9 Å². The summed E-state index contributed by atoms with van der Waals surface area (Å²) < 4.78 is 12.0. The predicted molar refractivity (Wildman–Crippen MR) is 132 cm³/mol. The van der Waals surface area contributed by atoms with E-state index in [1.165, 1.54) is 6.42 Å². The summed E-state index contributed by atoms with van der Waals surface area (Å²) >= 11 is 0. The average Bonchev–Trinajstić information content (AvgIpc) is 2.89. The van der Waals surface area contributed by atoms with Crippen molar-refractivity contribution in [1.82, 2.24) is 10.6 Å². The Bertz CT molecular complexity index is 1220. The van der Waals surface area contributed by atoms with Gasteiger partial charge in [-0.3, -0.25) is 9.59 Å². The quantitative estimate of drug-likeness (QED) is 0.471. The molecule has 7 nitrogen and oxygen atoms in total. The molecule has 0 unspecified atom stereocenters. The molecule has 1 fully saturated rings. The third-order valence-electron chi connectivity index (χ3n) is 5.88. The van der Waals surface area contributed by atoms with Gasteiger partial charge in [0, 0.05) is 30.3 Å². The molecule has 0 aromatic heterocycles. The first-order valence-corrected chi connectivity index (χ1v) is 11.7. The van der Waals surface area contributed by atoms with Crippen LogP contribution in [-0.4, -0.2) is 24.9 Å². The number of nitriles is 1. The summed E-state index contributed by atoms with van der Waals surface area (Å²) in [5.74, 6) is 1.56. The zero-order valence-electron chi connectivity index (χ0n) is 19.5. The second-order valence-corrected chi connectivity index (χ2v) is 8.45. The molecule has 1 aliphatic rings. The summed E-state index contributed by atoms with van der Waals surface area (Å²) in [7, 11) is 1.58. The highest BCUT2D eigenvalue weighted by molar-refractivity contribution is 5.95. The van der Waals surface area contributed by atoms with E-state index in [0.29, 0.717) is 39.7 Å². The van der Waals surface area contributed by atoms with E-state index >= 15 is 0 Å².